The molecule has 0 bridgehead atoms. The maximum Gasteiger partial charge on any atom is 0.322 e. The van der Waals surface area contributed by atoms with Crippen molar-refractivity contribution < 1.29 is 9.32 Å². The van der Waals surface area contributed by atoms with E-state index in [1.165, 1.54) is 0 Å². The van der Waals surface area contributed by atoms with Gasteiger partial charge in [0.2, 0.25) is 5.89 Å². The molecule has 2 heterocycles. The molecule has 1 aliphatic rings. The first-order valence-corrected chi connectivity index (χ1v) is 6.67. The van der Waals surface area contributed by atoms with Crippen LogP contribution in [0.1, 0.15) is 30.6 Å². The van der Waals surface area contributed by atoms with Crippen LogP contribution in [0.2, 0.25) is 0 Å². The van der Waals surface area contributed by atoms with E-state index >= 15 is 0 Å². The Morgan fingerprint density at radius 1 is 1.40 bits per heavy atom. The topological polar surface area (TPSA) is 71.3 Å². The van der Waals surface area contributed by atoms with Gasteiger partial charge in [0.15, 0.2) is 5.82 Å². The van der Waals surface area contributed by atoms with Crippen molar-refractivity contribution in [3.8, 4) is 0 Å². The van der Waals surface area contributed by atoms with Gasteiger partial charge in [-0.1, -0.05) is 23.4 Å². The Morgan fingerprint density at radius 3 is 2.90 bits per heavy atom. The lowest BCUT2D eigenvalue weighted by molar-refractivity contribution is 0.193. The van der Waals surface area contributed by atoms with Gasteiger partial charge >= 0.3 is 6.03 Å². The molecule has 1 fully saturated rings. The lowest BCUT2D eigenvalue weighted by Crippen LogP contribution is -2.34. The van der Waals surface area contributed by atoms with E-state index < -0.39 is 0 Å². The van der Waals surface area contributed by atoms with Crippen molar-refractivity contribution in [1.29, 1.82) is 0 Å². The Kier molecular flexibility index (Phi) is 3.37. The Balaban J connectivity index is 1.73. The highest BCUT2D eigenvalue weighted by molar-refractivity contribution is 5.89. The van der Waals surface area contributed by atoms with Crippen molar-refractivity contribution in [2.75, 3.05) is 11.9 Å². The van der Waals surface area contributed by atoms with E-state index in [1.807, 2.05) is 30.3 Å². The third-order valence-corrected chi connectivity index (χ3v) is 3.37. The molecular formula is C14H16N4O2. The summed E-state index contributed by atoms with van der Waals surface area (Å²) >= 11 is 0. The Labute approximate surface area is 116 Å². The van der Waals surface area contributed by atoms with Crippen LogP contribution in [0, 0.1) is 6.92 Å². The highest BCUT2D eigenvalue weighted by atomic mass is 16.5. The molecule has 20 heavy (non-hydrogen) atoms. The number of aromatic nitrogens is 2. The third kappa shape index (κ3) is 2.49. The van der Waals surface area contributed by atoms with Crippen LogP contribution in [0.3, 0.4) is 0 Å². The zero-order chi connectivity index (χ0) is 13.9. The minimum absolute atomic E-state index is 0.125. The predicted octanol–water partition coefficient (Wildman–Crippen LogP) is 2.75. The molecule has 0 aliphatic carbocycles. The monoisotopic (exact) mass is 272 g/mol. The fraction of sp³-hybridized carbons (Fsp3) is 0.357. The van der Waals surface area contributed by atoms with Gasteiger partial charge in [0.05, 0.1) is 0 Å². The van der Waals surface area contributed by atoms with Gasteiger partial charge < -0.3 is 14.7 Å². The van der Waals surface area contributed by atoms with Gasteiger partial charge in [0.25, 0.3) is 0 Å². The second kappa shape index (κ2) is 5.32. The summed E-state index contributed by atoms with van der Waals surface area (Å²) in [5.41, 5.74) is 0.782. The summed E-state index contributed by atoms with van der Waals surface area (Å²) in [5.74, 6) is 1.11. The largest absolute Gasteiger partial charge is 0.337 e. The molecule has 1 aromatic heterocycles. The first-order chi connectivity index (χ1) is 9.74. The average Bonchev–Trinajstić information content (AvgIpc) is 3.08. The first-order valence-electron chi connectivity index (χ1n) is 6.67. The van der Waals surface area contributed by atoms with Crippen LogP contribution in [-0.2, 0) is 0 Å². The number of carbonyl (C=O) groups is 1. The lowest BCUT2D eigenvalue weighted by Gasteiger charge is -2.22. The molecule has 1 aromatic carbocycles. The summed E-state index contributed by atoms with van der Waals surface area (Å²) in [6.07, 6.45) is 1.79. The quantitative estimate of drug-likeness (QED) is 0.912. The van der Waals surface area contributed by atoms with Crippen LogP contribution in [0.5, 0.6) is 0 Å². The van der Waals surface area contributed by atoms with Gasteiger partial charge in [-0.2, -0.15) is 4.98 Å². The molecule has 1 atom stereocenters. The third-order valence-electron chi connectivity index (χ3n) is 3.37. The maximum atomic E-state index is 12.3. The summed E-state index contributed by atoms with van der Waals surface area (Å²) in [6.45, 7) is 2.47. The molecule has 6 heteroatoms. The normalized spacial score (nSPS) is 18.2. The van der Waals surface area contributed by atoms with Crippen molar-refractivity contribution in [3.05, 3.63) is 42.0 Å². The lowest BCUT2D eigenvalue weighted by atomic mass is 10.2. The van der Waals surface area contributed by atoms with Crippen LogP contribution in [0.25, 0.3) is 0 Å². The first kappa shape index (κ1) is 12.7. The average molecular weight is 272 g/mol. The predicted molar refractivity (Wildman–Crippen MR) is 73.2 cm³/mol. The minimum atomic E-state index is -0.130. The number of anilines is 1. The summed E-state index contributed by atoms with van der Waals surface area (Å²) in [7, 11) is 0. The van der Waals surface area contributed by atoms with E-state index in [-0.39, 0.29) is 12.1 Å². The number of amides is 2. The zero-order valence-corrected chi connectivity index (χ0v) is 11.2. The van der Waals surface area contributed by atoms with Crippen molar-refractivity contribution >= 4 is 11.7 Å². The van der Waals surface area contributed by atoms with E-state index in [1.54, 1.807) is 11.8 Å². The van der Waals surface area contributed by atoms with E-state index in [9.17, 15) is 4.79 Å². The summed E-state index contributed by atoms with van der Waals surface area (Å²) in [5, 5.41) is 6.68. The number of carbonyl (C=O) groups excluding carboxylic acids is 1. The molecule has 3 rings (SSSR count). The number of hydrogen-bond acceptors (Lipinski definition) is 4. The van der Waals surface area contributed by atoms with Gasteiger partial charge in [-0.05, 0) is 31.9 Å². The van der Waals surface area contributed by atoms with Crippen LogP contribution < -0.4 is 5.32 Å². The van der Waals surface area contributed by atoms with Crippen LogP contribution in [0.15, 0.2) is 34.9 Å². The summed E-state index contributed by atoms with van der Waals surface area (Å²) < 4.78 is 5.20. The van der Waals surface area contributed by atoms with E-state index in [0.29, 0.717) is 18.3 Å². The Hall–Kier alpha value is -2.37. The SMILES string of the molecule is Cc1noc(C2CCCN2C(=O)Nc2ccccc2)n1. The molecule has 0 spiro atoms. The number of likely N-dealkylation sites (tertiary alicyclic amines) is 1. The second-order valence-electron chi connectivity index (χ2n) is 4.83. The molecule has 2 aromatic rings. The number of urea groups is 1. The number of hydrogen-bond donors (Lipinski definition) is 1. The molecule has 0 saturated carbocycles. The second-order valence-corrected chi connectivity index (χ2v) is 4.83. The van der Waals surface area contributed by atoms with E-state index in [2.05, 4.69) is 15.5 Å². The molecule has 0 radical (unpaired) electrons. The number of nitrogens with zero attached hydrogens (tertiary/aromatic N) is 3. The highest BCUT2D eigenvalue weighted by Crippen LogP contribution is 2.31. The van der Waals surface area contributed by atoms with E-state index in [4.69, 9.17) is 4.52 Å². The molecular weight excluding hydrogens is 256 g/mol. The van der Waals surface area contributed by atoms with Crippen molar-refractivity contribution in [2.45, 2.75) is 25.8 Å². The highest BCUT2D eigenvalue weighted by Gasteiger charge is 2.33. The van der Waals surface area contributed by atoms with E-state index in [0.717, 1.165) is 18.5 Å². The summed E-state index contributed by atoms with van der Waals surface area (Å²) in [6, 6.07) is 9.15. The molecule has 1 N–H and O–H groups in total. The fourth-order valence-corrected chi connectivity index (χ4v) is 2.43. The molecule has 2 amide bonds. The molecule has 6 nitrogen and oxygen atoms in total. The number of rotatable bonds is 2. The van der Waals surface area contributed by atoms with Crippen molar-refractivity contribution in [1.82, 2.24) is 15.0 Å². The summed E-state index contributed by atoms with van der Waals surface area (Å²) in [4.78, 5) is 18.3. The maximum absolute atomic E-state index is 12.3. The standard InChI is InChI=1S/C14H16N4O2/c1-10-15-13(20-17-10)12-8-5-9-18(12)14(19)16-11-6-3-2-4-7-11/h2-4,6-7,12H,5,8-9H2,1H3,(H,16,19). The van der Waals surface area contributed by atoms with Gasteiger partial charge in [-0.3, -0.25) is 0 Å². The molecule has 1 aliphatic heterocycles. The van der Waals surface area contributed by atoms with Gasteiger partial charge in [-0.15, -0.1) is 0 Å². The van der Waals surface area contributed by atoms with Gasteiger partial charge in [-0.25, -0.2) is 4.79 Å². The smallest absolute Gasteiger partial charge is 0.322 e. The van der Waals surface area contributed by atoms with Crippen LogP contribution >= 0.6 is 0 Å². The van der Waals surface area contributed by atoms with Crippen molar-refractivity contribution in [2.24, 2.45) is 0 Å². The van der Waals surface area contributed by atoms with Crippen LogP contribution in [0.4, 0.5) is 10.5 Å². The fourth-order valence-electron chi connectivity index (χ4n) is 2.43. The van der Waals surface area contributed by atoms with Crippen LogP contribution in [-0.4, -0.2) is 27.6 Å². The molecule has 104 valence electrons. The minimum Gasteiger partial charge on any atom is -0.337 e. The van der Waals surface area contributed by atoms with Crippen molar-refractivity contribution in [3.63, 3.8) is 0 Å². The van der Waals surface area contributed by atoms with Gasteiger partial charge in [0.1, 0.15) is 6.04 Å². The molecule has 1 saturated heterocycles. The molecule has 1 unspecified atom stereocenters. The number of nitrogens with one attached hydrogen (secondary N) is 1. The number of para-hydroxylation sites is 1. The Morgan fingerprint density at radius 2 is 2.20 bits per heavy atom. The number of aryl methyl sites for hydroxylation is 1. The Bertz CT molecular complexity index is 596. The number of benzene rings is 1. The zero-order valence-electron chi connectivity index (χ0n) is 11.2. The van der Waals surface area contributed by atoms with Gasteiger partial charge in [0, 0.05) is 12.2 Å².